The lowest BCUT2D eigenvalue weighted by Crippen LogP contribution is -2.28. The van der Waals surface area contributed by atoms with E-state index in [0.29, 0.717) is 6.54 Å². The minimum absolute atomic E-state index is 0.160. The summed E-state index contributed by atoms with van der Waals surface area (Å²) in [5, 5.41) is 0. The lowest BCUT2D eigenvalue weighted by atomic mass is 10.4. The van der Waals surface area contributed by atoms with E-state index in [4.69, 9.17) is 10.5 Å². The van der Waals surface area contributed by atoms with Crippen molar-refractivity contribution in [1.82, 2.24) is 14.9 Å². The van der Waals surface area contributed by atoms with Crippen LogP contribution in [0.4, 0.5) is 19.1 Å². The van der Waals surface area contributed by atoms with Crippen molar-refractivity contribution in [3.63, 3.8) is 0 Å². The molecule has 19 heavy (non-hydrogen) atoms. The van der Waals surface area contributed by atoms with E-state index in [2.05, 4.69) is 14.9 Å². The van der Waals surface area contributed by atoms with E-state index in [1.807, 2.05) is 13.8 Å². The van der Waals surface area contributed by atoms with Gasteiger partial charge in [0.05, 0.1) is 0 Å². The molecular weight excluding hydrogens is 261 g/mol. The molecule has 5 nitrogen and oxygen atoms in total. The van der Waals surface area contributed by atoms with E-state index < -0.39 is 17.8 Å². The Bertz CT molecular complexity index is 407. The van der Waals surface area contributed by atoms with Crippen molar-refractivity contribution in [1.29, 1.82) is 0 Å². The maximum atomic E-state index is 12.5. The molecule has 0 aliphatic heterocycles. The molecule has 0 bridgehead atoms. The van der Waals surface area contributed by atoms with Gasteiger partial charge in [-0.25, -0.2) is 4.98 Å². The lowest BCUT2D eigenvalue weighted by molar-refractivity contribution is -0.141. The third-order valence-electron chi connectivity index (χ3n) is 2.56. The smallest absolute Gasteiger partial charge is 0.433 e. The predicted octanol–water partition coefficient (Wildman–Crippen LogP) is 1.80. The van der Waals surface area contributed by atoms with Gasteiger partial charge in [0, 0.05) is 12.6 Å². The van der Waals surface area contributed by atoms with Gasteiger partial charge in [-0.2, -0.15) is 18.2 Å². The van der Waals surface area contributed by atoms with E-state index in [9.17, 15) is 13.2 Å². The first-order chi connectivity index (χ1) is 8.86. The van der Waals surface area contributed by atoms with Gasteiger partial charge in [-0.15, -0.1) is 0 Å². The fraction of sp³-hybridized carbons (Fsp3) is 0.636. The van der Waals surface area contributed by atoms with Gasteiger partial charge < -0.3 is 15.4 Å². The minimum atomic E-state index is -4.56. The Morgan fingerprint density at radius 2 is 1.89 bits per heavy atom. The summed E-state index contributed by atoms with van der Waals surface area (Å²) in [5.41, 5.74) is 4.13. The van der Waals surface area contributed by atoms with Gasteiger partial charge in [0.2, 0.25) is 11.8 Å². The van der Waals surface area contributed by atoms with Gasteiger partial charge in [-0.3, -0.25) is 0 Å². The molecule has 0 amide bonds. The lowest BCUT2D eigenvalue weighted by Gasteiger charge is -2.18. The summed E-state index contributed by atoms with van der Waals surface area (Å²) < 4.78 is 42.7. The van der Waals surface area contributed by atoms with Gasteiger partial charge in [-0.05, 0) is 13.1 Å². The Morgan fingerprint density at radius 3 is 2.42 bits per heavy atom. The molecule has 0 aliphatic carbocycles. The Kier molecular flexibility index (Phi) is 5.34. The summed E-state index contributed by atoms with van der Waals surface area (Å²) in [7, 11) is 0. The van der Waals surface area contributed by atoms with E-state index in [1.54, 1.807) is 0 Å². The van der Waals surface area contributed by atoms with Crippen molar-refractivity contribution in [2.75, 3.05) is 32.0 Å². The number of nitrogens with zero attached hydrogens (tertiary/aromatic N) is 3. The van der Waals surface area contributed by atoms with E-state index >= 15 is 0 Å². The van der Waals surface area contributed by atoms with E-state index in [0.717, 1.165) is 19.2 Å². The van der Waals surface area contributed by atoms with Gasteiger partial charge >= 0.3 is 6.18 Å². The normalized spacial score (nSPS) is 11.9. The number of ether oxygens (including phenoxy) is 1. The van der Waals surface area contributed by atoms with E-state index in [1.165, 1.54) is 0 Å². The van der Waals surface area contributed by atoms with Gasteiger partial charge in [0.25, 0.3) is 0 Å². The fourth-order valence-corrected chi connectivity index (χ4v) is 1.48. The first kappa shape index (κ1) is 15.5. The van der Waals surface area contributed by atoms with Crippen LogP contribution < -0.4 is 10.5 Å². The summed E-state index contributed by atoms with van der Waals surface area (Å²) in [4.78, 5) is 8.83. The van der Waals surface area contributed by atoms with Crippen LogP contribution in [-0.4, -0.2) is 41.1 Å². The molecule has 0 fully saturated rings. The number of nitrogens with two attached hydrogens (primary N) is 1. The molecule has 2 N–H and O–H groups in total. The number of halogens is 3. The Morgan fingerprint density at radius 1 is 1.26 bits per heavy atom. The number of hydrogen-bond acceptors (Lipinski definition) is 5. The molecule has 0 saturated heterocycles. The third-order valence-corrected chi connectivity index (χ3v) is 2.56. The van der Waals surface area contributed by atoms with Crippen molar-refractivity contribution < 1.29 is 17.9 Å². The zero-order chi connectivity index (χ0) is 14.5. The second-order valence-electron chi connectivity index (χ2n) is 3.82. The maximum absolute atomic E-state index is 12.5. The number of rotatable bonds is 6. The summed E-state index contributed by atoms with van der Waals surface area (Å²) in [6, 6.07) is 0.749. The van der Waals surface area contributed by atoms with Gasteiger partial charge in [0.1, 0.15) is 6.61 Å². The fourth-order valence-electron chi connectivity index (χ4n) is 1.48. The molecule has 0 aliphatic rings. The molecule has 1 heterocycles. The Hall–Kier alpha value is -1.57. The van der Waals surface area contributed by atoms with Crippen LogP contribution in [0.15, 0.2) is 6.07 Å². The Balaban J connectivity index is 2.66. The summed E-state index contributed by atoms with van der Waals surface area (Å²) in [5.74, 6) is -0.611. The molecule has 0 radical (unpaired) electrons. The van der Waals surface area contributed by atoms with Crippen LogP contribution in [0, 0.1) is 0 Å². The molecule has 1 aromatic rings. The SMILES string of the molecule is CCN(CC)CCOc1cc(C(F)(F)F)nc(N)n1. The minimum Gasteiger partial charge on any atom is -0.476 e. The molecule has 0 atom stereocenters. The van der Waals surface area contributed by atoms with Crippen molar-refractivity contribution in [2.24, 2.45) is 0 Å². The maximum Gasteiger partial charge on any atom is 0.433 e. The predicted molar refractivity (Wildman–Crippen MR) is 64.7 cm³/mol. The average molecular weight is 278 g/mol. The third kappa shape index (κ3) is 4.90. The van der Waals surface area contributed by atoms with Crippen LogP contribution in [0.1, 0.15) is 19.5 Å². The summed E-state index contributed by atoms with van der Waals surface area (Å²) >= 11 is 0. The van der Waals surface area contributed by atoms with Crippen LogP contribution in [0.3, 0.4) is 0 Å². The van der Waals surface area contributed by atoms with Crippen molar-refractivity contribution in [3.8, 4) is 5.88 Å². The average Bonchev–Trinajstić information content (AvgIpc) is 2.33. The standard InChI is InChI=1S/C11H17F3N4O/c1-3-18(4-2)5-6-19-9-7-8(11(12,13)14)16-10(15)17-9/h7H,3-6H2,1-2H3,(H2,15,16,17). The van der Waals surface area contributed by atoms with Crippen molar-refractivity contribution in [2.45, 2.75) is 20.0 Å². The molecule has 8 heteroatoms. The number of nitrogen functional groups attached to an aromatic ring is 1. The largest absolute Gasteiger partial charge is 0.476 e. The zero-order valence-electron chi connectivity index (χ0n) is 10.9. The van der Waals surface area contributed by atoms with Crippen LogP contribution in [-0.2, 0) is 6.18 Å². The topological polar surface area (TPSA) is 64.3 Å². The molecule has 0 saturated carbocycles. The first-order valence-corrected chi connectivity index (χ1v) is 5.93. The first-order valence-electron chi connectivity index (χ1n) is 5.93. The quantitative estimate of drug-likeness (QED) is 0.859. The molecule has 0 unspecified atom stereocenters. The number of anilines is 1. The van der Waals surface area contributed by atoms with E-state index in [-0.39, 0.29) is 12.5 Å². The monoisotopic (exact) mass is 278 g/mol. The summed E-state index contributed by atoms with van der Waals surface area (Å²) in [6.45, 7) is 6.54. The highest BCUT2D eigenvalue weighted by Gasteiger charge is 2.33. The number of aromatic nitrogens is 2. The highest BCUT2D eigenvalue weighted by molar-refractivity contribution is 5.27. The summed E-state index contributed by atoms with van der Waals surface area (Å²) in [6.07, 6.45) is -4.56. The molecule has 1 rings (SSSR count). The van der Waals surface area contributed by atoms with Gasteiger partial charge in [0.15, 0.2) is 5.69 Å². The Labute approximate surface area is 109 Å². The molecule has 1 aromatic heterocycles. The van der Waals surface area contributed by atoms with Crippen LogP contribution in [0.25, 0.3) is 0 Å². The second kappa shape index (κ2) is 6.55. The van der Waals surface area contributed by atoms with Crippen molar-refractivity contribution >= 4 is 5.95 Å². The van der Waals surface area contributed by atoms with Crippen LogP contribution >= 0.6 is 0 Å². The molecule has 108 valence electrons. The molecule has 0 aromatic carbocycles. The second-order valence-corrected chi connectivity index (χ2v) is 3.82. The zero-order valence-corrected chi connectivity index (χ0v) is 10.9. The van der Waals surface area contributed by atoms with Gasteiger partial charge in [-0.1, -0.05) is 13.8 Å². The van der Waals surface area contributed by atoms with Crippen molar-refractivity contribution in [3.05, 3.63) is 11.8 Å². The molecular formula is C11H17F3N4O. The van der Waals surface area contributed by atoms with Crippen LogP contribution in [0.5, 0.6) is 5.88 Å². The highest BCUT2D eigenvalue weighted by atomic mass is 19.4. The molecule has 0 spiro atoms. The number of likely N-dealkylation sites (N-methyl/N-ethyl adjacent to an activating group) is 1. The number of hydrogen-bond donors (Lipinski definition) is 1. The number of alkyl halides is 3. The van der Waals surface area contributed by atoms with Crippen LogP contribution in [0.2, 0.25) is 0 Å². The highest BCUT2D eigenvalue weighted by Crippen LogP contribution is 2.29.